The monoisotopic (exact) mass is 267 g/mol. The Hall–Kier alpha value is -1.74. The Kier molecular flexibility index (Phi) is 4.07. The van der Waals surface area contributed by atoms with E-state index in [1.54, 1.807) is 0 Å². The van der Waals surface area contributed by atoms with Gasteiger partial charge in [0.15, 0.2) is 0 Å². The predicted molar refractivity (Wildman–Crippen MR) is 80.5 cm³/mol. The molecule has 3 heteroatoms. The van der Waals surface area contributed by atoms with Crippen molar-refractivity contribution in [2.24, 2.45) is 0 Å². The summed E-state index contributed by atoms with van der Waals surface area (Å²) in [6.45, 7) is 5.30. The Morgan fingerprint density at radius 1 is 1.20 bits per heavy atom. The number of benzene rings is 1. The van der Waals surface area contributed by atoms with Crippen molar-refractivity contribution in [3.05, 3.63) is 59.7 Å². The second-order valence-corrected chi connectivity index (χ2v) is 5.59. The summed E-state index contributed by atoms with van der Waals surface area (Å²) in [6, 6.07) is 12.8. The molecule has 0 radical (unpaired) electrons. The lowest BCUT2D eigenvalue weighted by Crippen LogP contribution is -2.34. The zero-order chi connectivity index (χ0) is 13.8. The third-order valence-electron chi connectivity index (χ3n) is 3.97. The molecule has 104 valence electrons. The van der Waals surface area contributed by atoms with Gasteiger partial charge in [-0.05, 0) is 37.9 Å². The summed E-state index contributed by atoms with van der Waals surface area (Å²) < 4.78 is 0. The molecule has 2 aromatic rings. The van der Waals surface area contributed by atoms with E-state index in [9.17, 15) is 0 Å². The first kappa shape index (κ1) is 13.3. The third-order valence-corrected chi connectivity index (χ3v) is 3.97. The van der Waals surface area contributed by atoms with Crippen molar-refractivity contribution in [1.29, 1.82) is 0 Å². The second-order valence-electron chi connectivity index (χ2n) is 5.59. The summed E-state index contributed by atoms with van der Waals surface area (Å²) in [5.74, 6) is 1.43. The van der Waals surface area contributed by atoms with Crippen LogP contribution >= 0.6 is 0 Å². The fourth-order valence-electron chi connectivity index (χ4n) is 2.98. The molecule has 3 rings (SSSR count). The molecule has 1 atom stereocenters. The number of aryl methyl sites for hydroxylation is 1. The molecule has 20 heavy (non-hydrogen) atoms. The molecule has 1 aliphatic heterocycles. The van der Waals surface area contributed by atoms with E-state index in [0.717, 1.165) is 18.9 Å². The van der Waals surface area contributed by atoms with Crippen molar-refractivity contribution in [3.8, 4) is 0 Å². The molecule has 2 heterocycles. The van der Waals surface area contributed by atoms with Crippen LogP contribution in [0.25, 0.3) is 0 Å². The molecule has 0 N–H and O–H groups in total. The molecule has 0 aliphatic carbocycles. The lowest BCUT2D eigenvalue weighted by atomic mass is 9.94. The van der Waals surface area contributed by atoms with Gasteiger partial charge < -0.3 is 0 Å². The highest BCUT2D eigenvalue weighted by Crippen LogP contribution is 2.26. The standard InChI is InChI=1S/C17H21N3/c1-14-18-10-9-17(19-14)16-8-5-11-20(13-16)12-15-6-3-2-4-7-15/h2-4,6-7,9-10,16H,5,8,11-13H2,1H3. The van der Waals surface area contributed by atoms with Crippen LogP contribution in [0.5, 0.6) is 0 Å². The fraction of sp³-hybridized carbons (Fsp3) is 0.412. The number of piperidine rings is 1. The average molecular weight is 267 g/mol. The largest absolute Gasteiger partial charge is 0.298 e. The molecule has 0 amide bonds. The minimum atomic E-state index is 0.550. The Morgan fingerprint density at radius 2 is 2.05 bits per heavy atom. The topological polar surface area (TPSA) is 29.0 Å². The van der Waals surface area contributed by atoms with Gasteiger partial charge in [-0.2, -0.15) is 0 Å². The van der Waals surface area contributed by atoms with Crippen molar-refractivity contribution < 1.29 is 0 Å². The molecule has 0 spiro atoms. The Morgan fingerprint density at radius 3 is 2.85 bits per heavy atom. The van der Waals surface area contributed by atoms with Crippen LogP contribution in [0.2, 0.25) is 0 Å². The molecule has 1 aliphatic rings. The van der Waals surface area contributed by atoms with Crippen molar-refractivity contribution in [2.75, 3.05) is 13.1 Å². The van der Waals surface area contributed by atoms with Gasteiger partial charge in [-0.3, -0.25) is 4.90 Å². The number of aromatic nitrogens is 2. The minimum Gasteiger partial charge on any atom is -0.298 e. The first-order chi connectivity index (χ1) is 9.81. The van der Waals surface area contributed by atoms with Crippen LogP contribution < -0.4 is 0 Å². The Balaban J connectivity index is 1.67. The minimum absolute atomic E-state index is 0.550. The number of likely N-dealkylation sites (tertiary alicyclic amines) is 1. The summed E-state index contributed by atoms with van der Waals surface area (Å²) in [5, 5.41) is 0. The van der Waals surface area contributed by atoms with Gasteiger partial charge in [0.25, 0.3) is 0 Å². The van der Waals surface area contributed by atoms with E-state index in [0.29, 0.717) is 5.92 Å². The van der Waals surface area contributed by atoms with E-state index in [1.165, 1.54) is 30.6 Å². The maximum Gasteiger partial charge on any atom is 0.125 e. The summed E-state index contributed by atoms with van der Waals surface area (Å²) in [5.41, 5.74) is 2.60. The van der Waals surface area contributed by atoms with Gasteiger partial charge in [0.2, 0.25) is 0 Å². The molecule has 1 unspecified atom stereocenters. The van der Waals surface area contributed by atoms with Crippen molar-refractivity contribution in [2.45, 2.75) is 32.2 Å². The molecular weight excluding hydrogens is 246 g/mol. The van der Waals surface area contributed by atoms with Crippen LogP contribution in [0.4, 0.5) is 0 Å². The summed E-state index contributed by atoms with van der Waals surface area (Å²) >= 11 is 0. The normalized spacial score (nSPS) is 19.9. The highest BCUT2D eigenvalue weighted by Gasteiger charge is 2.22. The smallest absolute Gasteiger partial charge is 0.125 e. The van der Waals surface area contributed by atoms with Crippen molar-refractivity contribution in [1.82, 2.24) is 14.9 Å². The molecular formula is C17H21N3. The molecule has 0 bridgehead atoms. The zero-order valence-electron chi connectivity index (χ0n) is 12.0. The van der Waals surface area contributed by atoms with Crippen LogP contribution in [-0.2, 0) is 6.54 Å². The zero-order valence-corrected chi connectivity index (χ0v) is 12.0. The summed E-state index contributed by atoms with van der Waals surface area (Å²) in [7, 11) is 0. The van der Waals surface area contributed by atoms with Gasteiger partial charge in [0, 0.05) is 30.9 Å². The highest BCUT2D eigenvalue weighted by molar-refractivity contribution is 5.15. The van der Waals surface area contributed by atoms with Gasteiger partial charge in [0.1, 0.15) is 5.82 Å². The molecule has 1 fully saturated rings. The van der Waals surface area contributed by atoms with Crippen LogP contribution in [0.3, 0.4) is 0 Å². The van der Waals surface area contributed by atoms with Crippen LogP contribution in [-0.4, -0.2) is 28.0 Å². The number of hydrogen-bond donors (Lipinski definition) is 0. The third kappa shape index (κ3) is 3.23. The van der Waals surface area contributed by atoms with Crippen LogP contribution in [0.15, 0.2) is 42.6 Å². The van der Waals surface area contributed by atoms with E-state index in [-0.39, 0.29) is 0 Å². The molecule has 1 aromatic carbocycles. The lowest BCUT2D eigenvalue weighted by molar-refractivity contribution is 0.198. The summed E-state index contributed by atoms with van der Waals surface area (Å²) in [4.78, 5) is 11.3. The lowest BCUT2D eigenvalue weighted by Gasteiger charge is -2.32. The van der Waals surface area contributed by atoms with Gasteiger partial charge in [0.05, 0.1) is 0 Å². The van der Waals surface area contributed by atoms with Crippen LogP contribution in [0.1, 0.15) is 35.8 Å². The Labute approximate surface area is 120 Å². The molecule has 3 nitrogen and oxygen atoms in total. The number of rotatable bonds is 3. The highest BCUT2D eigenvalue weighted by atomic mass is 15.1. The van der Waals surface area contributed by atoms with Gasteiger partial charge in [-0.15, -0.1) is 0 Å². The Bertz CT molecular complexity index is 553. The average Bonchev–Trinajstić information content (AvgIpc) is 2.49. The van der Waals surface area contributed by atoms with E-state index >= 15 is 0 Å². The second kappa shape index (κ2) is 6.14. The van der Waals surface area contributed by atoms with Gasteiger partial charge in [-0.1, -0.05) is 30.3 Å². The van der Waals surface area contributed by atoms with Gasteiger partial charge in [-0.25, -0.2) is 9.97 Å². The van der Waals surface area contributed by atoms with Gasteiger partial charge >= 0.3 is 0 Å². The molecule has 1 aromatic heterocycles. The number of hydrogen-bond acceptors (Lipinski definition) is 3. The van der Waals surface area contributed by atoms with Crippen molar-refractivity contribution in [3.63, 3.8) is 0 Å². The molecule has 1 saturated heterocycles. The maximum absolute atomic E-state index is 4.60. The summed E-state index contributed by atoms with van der Waals surface area (Å²) in [6.07, 6.45) is 4.37. The van der Waals surface area contributed by atoms with E-state index < -0.39 is 0 Å². The van der Waals surface area contributed by atoms with E-state index in [2.05, 4.69) is 51.3 Å². The quantitative estimate of drug-likeness (QED) is 0.855. The first-order valence-corrected chi connectivity index (χ1v) is 7.37. The van der Waals surface area contributed by atoms with E-state index in [4.69, 9.17) is 0 Å². The molecule has 0 saturated carbocycles. The SMILES string of the molecule is Cc1nccc(C2CCCN(Cc3ccccc3)C2)n1. The predicted octanol–water partition coefficient (Wildman–Crippen LogP) is 3.16. The van der Waals surface area contributed by atoms with Crippen molar-refractivity contribution >= 4 is 0 Å². The van der Waals surface area contributed by atoms with Crippen LogP contribution in [0, 0.1) is 6.92 Å². The fourth-order valence-corrected chi connectivity index (χ4v) is 2.98. The number of nitrogens with zero attached hydrogens (tertiary/aromatic N) is 3. The van der Waals surface area contributed by atoms with E-state index in [1.807, 2.05) is 13.1 Å². The first-order valence-electron chi connectivity index (χ1n) is 7.37. The maximum atomic E-state index is 4.60.